The van der Waals surface area contributed by atoms with Crippen LogP contribution in [0.3, 0.4) is 0 Å². The summed E-state index contributed by atoms with van der Waals surface area (Å²) in [5.41, 5.74) is 2.23. The van der Waals surface area contributed by atoms with Crippen molar-refractivity contribution in [1.82, 2.24) is 9.97 Å². The Bertz CT molecular complexity index is 723. The van der Waals surface area contributed by atoms with Crippen LogP contribution in [0.5, 0.6) is 0 Å². The number of benzene rings is 1. The van der Waals surface area contributed by atoms with Gasteiger partial charge in [-0.05, 0) is 30.5 Å². The summed E-state index contributed by atoms with van der Waals surface area (Å²) in [4.78, 5) is 30.4. The van der Waals surface area contributed by atoms with E-state index < -0.39 is 0 Å². The molecule has 0 bridgehead atoms. The largest absolute Gasteiger partial charge is 0.462 e. The first-order valence-corrected chi connectivity index (χ1v) is 8.48. The molecule has 1 N–H and O–H groups in total. The van der Waals surface area contributed by atoms with Gasteiger partial charge in [0.2, 0.25) is 0 Å². The molecule has 1 heterocycles. The van der Waals surface area contributed by atoms with E-state index in [2.05, 4.69) is 9.97 Å². The molecule has 23 heavy (non-hydrogen) atoms. The lowest BCUT2D eigenvalue weighted by Crippen LogP contribution is -2.10. The van der Waals surface area contributed by atoms with E-state index in [-0.39, 0.29) is 17.4 Å². The number of hydrogen-bond donors (Lipinski definition) is 1. The van der Waals surface area contributed by atoms with E-state index in [1.807, 2.05) is 26.0 Å². The molecule has 1 aromatic heterocycles. The predicted molar refractivity (Wildman–Crippen MR) is 90.9 cm³/mol. The SMILES string of the molecule is CCOC(=O)c1ccc(CSc2nc(C(C)C)cc(=O)[nH]2)cc1. The van der Waals surface area contributed by atoms with Crippen LogP contribution in [-0.2, 0) is 10.5 Å². The van der Waals surface area contributed by atoms with Crippen LogP contribution in [-0.4, -0.2) is 22.5 Å². The normalized spacial score (nSPS) is 10.8. The molecule has 0 fully saturated rings. The van der Waals surface area contributed by atoms with Crippen LogP contribution in [0, 0.1) is 0 Å². The highest BCUT2D eigenvalue weighted by Gasteiger charge is 2.08. The number of nitrogens with one attached hydrogen (secondary N) is 1. The fourth-order valence-electron chi connectivity index (χ4n) is 1.92. The van der Waals surface area contributed by atoms with Crippen molar-refractivity contribution < 1.29 is 9.53 Å². The highest BCUT2D eigenvalue weighted by Crippen LogP contribution is 2.20. The van der Waals surface area contributed by atoms with Gasteiger partial charge in [-0.3, -0.25) is 4.79 Å². The van der Waals surface area contributed by atoms with E-state index in [1.165, 1.54) is 17.8 Å². The van der Waals surface area contributed by atoms with Gasteiger partial charge >= 0.3 is 5.97 Å². The first-order chi connectivity index (χ1) is 11.0. The van der Waals surface area contributed by atoms with Crippen molar-refractivity contribution in [2.45, 2.75) is 37.6 Å². The van der Waals surface area contributed by atoms with Crippen molar-refractivity contribution in [1.29, 1.82) is 0 Å². The second-order valence-electron chi connectivity index (χ2n) is 5.34. The number of aromatic nitrogens is 2. The van der Waals surface area contributed by atoms with Crippen LogP contribution in [0.15, 0.2) is 40.3 Å². The molecule has 0 radical (unpaired) electrons. The molecule has 0 spiro atoms. The van der Waals surface area contributed by atoms with Crippen molar-refractivity contribution in [2.75, 3.05) is 6.61 Å². The first kappa shape index (κ1) is 17.3. The third-order valence-electron chi connectivity index (χ3n) is 3.17. The summed E-state index contributed by atoms with van der Waals surface area (Å²) >= 11 is 1.46. The number of hydrogen-bond acceptors (Lipinski definition) is 5. The molecule has 0 aliphatic heterocycles. The summed E-state index contributed by atoms with van der Waals surface area (Å²) < 4.78 is 4.95. The van der Waals surface area contributed by atoms with Crippen LogP contribution in [0.2, 0.25) is 0 Å². The van der Waals surface area contributed by atoms with Crippen LogP contribution in [0.25, 0.3) is 0 Å². The minimum atomic E-state index is -0.317. The maximum Gasteiger partial charge on any atom is 0.338 e. The number of rotatable bonds is 6. The van der Waals surface area contributed by atoms with E-state index in [1.54, 1.807) is 19.1 Å². The Morgan fingerprint density at radius 2 is 2.00 bits per heavy atom. The fourth-order valence-corrected chi connectivity index (χ4v) is 2.76. The quantitative estimate of drug-likeness (QED) is 0.499. The number of H-pyrrole nitrogens is 1. The summed E-state index contributed by atoms with van der Waals surface area (Å²) in [5.74, 6) is 0.552. The maximum atomic E-state index is 11.6. The average Bonchev–Trinajstić information content (AvgIpc) is 2.53. The lowest BCUT2D eigenvalue weighted by molar-refractivity contribution is 0.0526. The monoisotopic (exact) mass is 332 g/mol. The molecule has 2 rings (SSSR count). The molecule has 0 amide bonds. The van der Waals surface area contributed by atoms with Gasteiger partial charge < -0.3 is 9.72 Å². The number of aromatic amines is 1. The van der Waals surface area contributed by atoms with Gasteiger partial charge in [0.25, 0.3) is 5.56 Å². The summed E-state index contributed by atoms with van der Waals surface area (Å²) in [6.45, 7) is 6.15. The molecule has 0 saturated carbocycles. The van der Waals surface area contributed by atoms with Crippen LogP contribution >= 0.6 is 11.8 Å². The molecule has 6 heteroatoms. The molecule has 0 aliphatic carbocycles. The van der Waals surface area contributed by atoms with Crippen molar-refractivity contribution in [3.05, 3.63) is 57.5 Å². The van der Waals surface area contributed by atoms with Gasteiger partial charge in [-0.15, -0.1) is 0 Å². The number of carbonyl (C=O) groups is 1. The Kier molecular flexibility index (Phi) is 5.98. The summed E-state index contributed by atoms with van der Waals surface area (Å²) in [6, 6.07) is 8.78. The average molecular weight is 332 g/mol. The molecule has 0 atom stereocenters. The number of ether oxygens (including phenoxy) is 1. The number of carbonyl (C=O) groups excluding carboxylic acids is 1. The van der Waals surface area contributed by atoms with Crippen LogP contribution in [0.4, 0.5) is 0 Å². The minimum Gasteiger partial charge on any atom is -0.462 e. The van der Waals surface area contributed by atoms with Crippen molar-refractivity contribution >= 4 is 17.7 Å². The Morgan fingerprint density at radius 3 is 2.61 bits per heavy atom. The summed E-state index contributed by atoms with van der Waals surface area (Å²) in [6.07, 6.45) is 0. The molecular weight excluding hydrogens is 312 g/mol. The predicted octanol–water partition coefficient (Wildman–Crippen LogP) is 3.36. The molecule has 1 aromatic carbocycles. The fraction of sp³-hybridized carbons (Fsp3) is 0.353. The number of nitrogens with zero attached hydrogens (tertiary/aromatic N) is 1. The summed E-state index contributed by atoms with van der Waals surface area (Å²) in [5, 5.41) is 0.607. The second kappa shape index (κ2) is 7.97. The van der Waals surface area contributed by atoms with Gasteiger partial charge in [0, 0.05) is 11.8 Å². The van der Waals surface area contributed by atoms with Gasteiger partial charge in [-0.2, -0.15) is 0 Å². The van der Waals surface area contributed by atoms with E-state index in [4.69, 9.17) is 4.74 Å². The van der Waals surface area contributed by atoms with Gasteiger partial charge in [0.1, 0.15) is 0 Å². The van der Waals surface area contributed by atoms with Crippen molar-refractivity contribution in [3.63, 3.8) is 0 Å². The number of thioether (sulfide) groups is 1. The third kappa shape index (κ3) is 4.96. The molecule has 5 nitrogen and oxygen atoms in total. The maximum absolute atomic E-state index is 11.6. The van der Waals surface area contributed by atoms with Crippen molar-refractivity contribution in [2.24, 2.45) is 0 Å². The van der Waals surface area contributed by atoms with Gasteiger partial charge in [-0.1, -0.05) is 37.7 Å². The lowest BCUT2D eigenvalue weighted by atomic mass is 10.1. The topological polar surface area (TPSA) is 72.0 Å². The molecule has 0 unspecified atom stereocenters. The third-order valence-corrected chi connectivity index (χ3v) is 4.12. The Morgan fingerprint density at radius 1 is 1.30 bits per heavy atom. The first-order valence-electron chi connectivity index (χ1n) is 7.49. The molecular formula is C17H20N2O3S. The van der Waals surface area contributed by atoms with E-state index in [0.717, 1.165) is 11.3 Å². The molecule has 2 aromatic rings. The molecule has 0 saturated heterocycles. The molecule has 0 aliphatic rings. The smallest absolute Gasteiger partial charge is 0.338 e. The zero-order valence-corrected chi connectivity index (χ0v) is 14.3. The standard InChI is InChI=1S/C17H20N2O3S/c1-4-22-16(21)13-7-5-12(6-8-13)10-23-17-18-14(11(2)3)9-15(20)19-17/h5-9,11H,4,10H2,1-3H3,(H,18,19,20). The highest BCUT2D eigenvalue weighted by atomic mass is 32.2. The van der Waals surface area contributed by atoms with Crippen LogP contribution < -0.4 is 5.56 Å². The van der Waals surface area contributed by atoms with Gasteiger partial charge in [0.15, 0.2) is 5.16 Å². The summed E-state index contributed by atoms with van der Waals surface area (Å²) in [7, 11) is 0. The second-order valence-corrected chi connectivity index (χ2v) is 6.30. The van der Waals surface area contributed by atoms with Gasteiger partial charge in [0.05, 0.1) is 17.9 Å². The number of esters is 1. The van der Waals surface area contributed by atoms with Crippen LogP contribution in [0.1, 0.15) is 48.3 Å². The zero-order chi connectivity index (χ0) is 16.8. The van der Waals surface area contributed by atoms with Crippen molar-refractivity contribution in [3.8, 4) is 0 Å². The Hall–Kier alpha value is -2.08. The Labute approximate surface area is 139 Å². The molecule has 122 valence electrons. The van der Waals surface area contributed by atoms with Gasteiger partial charge in [-0.25, -0.2) is 9.78 Å². The minimum absolute atomic E-state index is 0.135. The van der Waals surface area contributed by atoms with E-state index in [0.29, 0.717) is 23.1 Å². The van der Waals surface area contributed by atoms with E-state index in [9.17, 15) is 9.59 Å². The zero-order valence-electron chi connectivity index (χ0n) is 13.5. The lowest BCUT2D eigenvalue weighted by Gasteiger charge is -2.07. The van der Waals surface area contributed by atoms with E-state index >= 15 is 0 Å². The Balaban J connectivity index is 2.04. The highest BCUT2D eigenvalue weighted by molar-refractivity contribution is 7.98.